The highest BCUT2D eigenvalue weighted by Crippen LogP contribution is 2.02. The first-order chi connectivity index (χ1) is 4.83. The highest BCUT2D eigenvalue weighted by atomic mass is 16.5. The third-order valence-corrected chi connectivity index (χ3v) is 1.44. The van der Waals surface area contributed by atoms with E-state index in [1.807, 2.05) is 0 Å². The number of ether oxygens (including phenoxy) is 2. The van der Waals surface area contributed by atoms with Crippen LogP contribution in [0, 0.1) is 0 Å². The molecule has 0 spiro atoms. The summed E-state index contributed by atoms with van der Waals surface area (Å²) in [6.45, 7) is 1.34. The lowest BCUT2D eigenvalue weighted by molar-refractivity contribution is 0.159. The number of rotatable bonds is 1. The number of hydrogen-bond acceptors (Lipinski definition) is 3. The Balaban J connectivity index is 2.17. The lowest BCUT2D eigenvalue weighted by atomic mass is 10.3. The van der Waals surface area contributed by atoms with E-state index in [2.05, 4.69) is 10.1 Å². The molecule has 1 heterocycles. The van der Waals surface area contributed by atoms with Crippen LogP contribution in [0.5, 0.6) is 0 Å². The van der Waals surface area contributed by atoms with Crippen molar-refractivity contribution >= 4 is 6.09 Å². The number of alkyl carbamates (subject to hydrolysis) is 1. The molecule has 1 amide bonds. The fourth-order valence-electron chi connectivity index (χ4n) is 0.874. The van der Waals surface area contributed by atoms with Crippen molar-refractivity contribution in [3.8, 4) is 0 Å². The van der Waals surface area contributed by atoms with Gasteiger partial charge >= 0.3 is 6.09 Å². The van der Waals surface area contributed by atoms with Crippen molar-refractivity contribution in [3.05, 3.63) is 0 Å². The summed E-state index contributed by atoms with van der Waals surface area (Å²) in [6, 6.07) is 0.146. The van der Waals surface area contributed by atoms with E-state index in [0.717, 1.165) is 13.0 Å². The zero-order valence-electron chi connectivity index (χ0n) is 5.92. The molecule has 4 heteroatoms. The lowest BCUT2D eigenvalue weighted by Crippen LogP contribution is -2.34. The molecule has 1 N–H and O–H groups in total. The Morgan fingerprint density at radius 1 is 1.80 bits per heavy atom. The van der Waals surface area contributed by atoms with Gasteiger partial charge in [-0.2, -0.15) is 0 Å². The third kappa shape index (κ3) is 1.88. The minimum Gasteiger partial charge on any atom is -0.453 e. The van der Waals surface area contributed by atoms with E-state index < -0.39 is 0 Å². The molecule has 1 aliphatic heterocycles. The maximum absolute atomic E-state index is 10.6. The quantitative estimate of drug-likeness (QED) is 0.570. The van der Waals surface area contributed by atoms with E-state index in [0.29, 0.717) is 6.61 Å². The summed E-state index contributed by atoms with van der Waals surface area (Å²) in [5.74, 6) is 0. The number of carbonyl (C=O) groups is 1. The minimum absolute atomic E-state index is 0.146. The van der Waals surface area contributed by atoms with Gasteiger partial charge in [-0.3, -0.25) is 0 Å². The molecule has 58 valence electrons. The minimum atomic E-state index is -0.379. The smallest absolute Gasteiger partial charge is 0.407 e. The Morgan fingerprint density at radius 2 is 2.60 bits per heavy atom. The van der Waals surface area contributed by atoms with Crippen molar-refractivity contribution in [2.75, 3.05) is 20.3 Å². The molecule has 1 aliphatic rings. The van der Waals surface area contributed by atoms with Gasteiger partial charge in [0, 0.05) is 6.61 Å². The second kappa shape index (κ2) is 3.41. The van der Waals surface area contributed by atoms with Gasteiger partial charge in [0.25, 0.3) is 0 Å². The maximum Gasteiger partial charge on any atom is 0.407 e. The summed E-state index contributed by atoms with van der Waals surface area (Å²) in [5, 5.41) is 2.64. The average molecular weight is 145 g/mol. The van der Waals surface area contributed by atoms with Crippen LogP contribution in [0.4, 0.5) is 4.79 Å². The van der Waals surface area contributed by atoms with E-state index >= 15 is 0 Å². The van der Waals surface area contributed by atoms with Crippen molar-refractivity contribution in [2.45, 2.75) is 12.5 Å². The van der Waals surface area contributed by atoms with Crippen LogP contribution >= 0.6 is 0 Å². The third-order valence-electron chi connectivity index (χ3n) is 1.44. The van der Waals surface area contributed by atoms with E-state index in [1.54, 1.807) is 0 Å². The molecule has 1 atom stereocenters. The molecule has 0 aliphatic carbocycles. The molecule has 0 saturated carbocycles. The van der Waals surface area contributed by atoms with E-state index in [-0.39, 0.29) is 12.1 Å². The van der Waals surface area contributed by atoms with Crippen LogP contribution in [0.1, 0.15) is 6.42 Å². The summed E-state index contributed by atoms with van der Waals surface area (Å²) in [5.41, 5.74) is 0. The van der Waals surface area contributed by atoms with Gasteiger partial charge in [-0.05, 0) is 6.42 Å². The highest BCUT2D eigenvalue weighted by molar-refractivity contribution is 5.67. The van der Waals surface area contributed by atoms with Gasteiger partial charge in [0.15, 0.2) is 0 Å². The molecule has 0 aromatic rings. The van der Waals surface area contributed by atoms with Gasteiger partial charge in [-0.1, -0.05) is 0 Å². The predicted octanol–water partition coefficient (Wildman–Crippen LogP) is 0.131. The standard InChI is InChI=1S/C6H11NO3/c1-9-6(8)7-5-2-3-10-4-5/h5H,2-4H2,1H3,(H,7,8). The molecule has 1 unspecified atom stereocenters. The first-order valence-electron chi connectivity index (χ1n) is 3.25. The summed E-state index contributed by atoms with van der Waals surface area (Å²) in [4.78, 5) is 10.6. The van der Waals surface area contributed by atoms with Crippen LogP contribution in [0.3, 0.4) is 0 Å². The van der Waals surface area contributed by atoms with Crippen molar-refractivity contribution in [3.63, 3.8) is 0 Å². The number of nitrogens with one attached hydrogen (secondary N) is 1. The topological polar surface area (TPSA) is 47.6 Å². The molecule has 4 nitrogen and oxygen atoms in total. The van der Waals surface area contributed by atoms with Crippen molar-refractivity contribution < 1.29 is 14.3 Å². The predicted molar refractivity (Wildman–Crippen MR) is 34.8 cm³/mol. The maximum atomic E-state index is 10.6. The highest BCUT2D eigenvalue weighted by Gasteiger charge is 2.17. The zero-order valence-corrected chi connectivity index (χ0v) is 5.92. The first-order valence-corrected chi connectivity index (χ1v) is 3.25. The number of amides is 1. The van der Waals surface area contributed by atoms with E-state index in [9.17, 15) is 4.79 Å². The van der Waals surface area contributed by atoms with Crippen molar-refractivity contribution in [1.29, 1.82) is 0 Å². The molecule has 0 aromatic carbocycles. The summed E-state index contributed by atoms with van der Waals surface area (Å²) in [6.07, 6.45) is 0.505. The SMILES string of the molecule is COC(=O)NC1CCOC1. The second-order valence-corrected chi connectivity index (χ2v) is 2.20. The van der Waals surface area contributed by atoms with Crippen molar-refractivity contribution in [2.24, 2.45) is 0 Å². The van der Waals surface area contributed by atoms with Crippen LogP contribution in [0.2, 0.25) is 0 Å². The fourth-order valence-corrected chi connectivity index (χ4v) is 0.874. The Morgan fingerprint density at radius 3 is 3.10 bits per heavy atom. The second-order valence-electron chi connectivity index (χ2n) is 2.20. The van der Waals surface area contributed by atoms with Gasteiger partial charge in [-0.25, -0.2) is 4.79 Å². The Hall–Kier alpha value is -0.770. The number of hydrogen-bond donors (Lipinski definition) is 1. The van der Waals surface area contributed by atoms with Crippen molar-refractivity contribution in [1.82, 2.24) is 5.32 Å². The zero-order chi connectivity index (χ0) is 7.40. The number of methoxy groups -OCH3 is 1. The Kier molecular flexibility index (Phi) is 2.50. The Bertz CT molecular complexity index is 120. The average Bonchev–Trinajstić information content (AvgIpc) is 2.40. The van der Waals surface area contributed by atoms with Gasteiger partial charge in [0.05, 0.1) is 19.8 Å². The lowest BCUT2D eigenvalue weighted by Gasteiger charge is -2.07. The summed E-state index contributed by atoms with van der Waals surface area (Å²) in [7, 11) is 1.35. The molecule has 0 bridgehead atoms. The van der Waals surface area contributed by atoms with Gasteiger partial charge in [0.1, 0.15) is 0 Å². The molecule has 1 fully saturated rings. The monoisotopic (exact) mass is 145 g/mol. The van der Waals surface area contributed by atoms with Crippen LogP contribution in [-0.2, 0) is 9.47 Å². The van der Waals surface area contributed by atoms with Crippen LogP contribution in [0.15, 0.2) is 0 Å². The van der Waals surface area contributed by atoms with Crippen LogP contribution < -0.4 is 5.32 Å². The molecule has 1 rings (SSSR count). The molecule has 0 radical (unpaired) electrons. The Labute approximate surface area is 59.5 Å². The van der Waals surface area contributed by atoms with Crippen LogP contribution in [-0.4, -0.2) is 32.5 Å². The summed E-state index contributed by atoms with van der Waals surface area (Å²) < 4.78 is 9.44. The van der Waals surface area contributed by atoms with Gasteiger partial charge in [-0.15, -0.1) is 0 Å². The molecule has 1 saturated heterocycles. The normalized spacial score (nSPS) is 24.3. The van der Waals surface area contributed by atoms with Crippen LogP contribution in [0.25, 0.3) is 0 Å². The largest absolute Gasteiger partial charge is 0.453 e. The van der Waals surface area contributed by atoms with Gasteiger partial charge in [0.2, 0.25) is 0 Å². The molecule has 10 heavy (non-hydrogen) atoms. The molecular weight excluding hydrogens is 134 g/mol. The number of carbonyl (C=O) groups excluding carboxylic acids is 1. The van der Waals surface area contributed by atoms with E-state index in [4.69, 9.17) is 4.74 Å². The first kappa shape index (κ1) is 7.34. The molecular formula is C6H11NO3. The summed E-state index contributed by atoms with van der Waals surface area (Å²) >= 11 is 0. The molecule has 0 aromatic heterocycles. The van der Waals surface area contributed by atoms with Gasteiger partial charge < -0.3 is 14.8 Å². The van der Waals surface area contributed by atoms with E-state index in [1.165, 1.54) is 7.11 Å². The fraction of sp³-hybridized carbons (Fsp3) is 0.833.